The first-order valence-electron chi connectivity index (χ1n) is 9.88. The molecule has 4 aromatic carbocycles. The molecule has 0 aliphatic carbocycles. The molecule has 4 rings (SSSR count). The second-order valence-corrected chi connectivity index (χ2v) is 8.25. The Morgan fingerprint density at radius 1 is 0.833 bits per heavy atom. The van der Waals surface area contributed by atoms with Gasteiger partial charge in [-0.05, 0) is 58.1 Å². The van der Waals surface area contributed by atoms with Crippen LogP contribution in [-0.2, 0) is 17.8 Å². The quantitative estimate of drug-likeness (QED) is 0.374. The van der Waals surface area contributed by atoms with Gasteiger partial charge in [0.05, 0.1) is 5.92 Å². The first kappa shape index (κ1) is 20.2. The van der Waals surface area contributed by atoms with Crippen molar-refractivity contribution in [2.24, 2.45) is 0 Å². The zero-order chi connectivity index (χ0) is 20.9. The molecule has 0 bridgehead atoms. The van der Waals surface area contributed by atoms with E-state index >= 15 is 0 Å². The third kappa shape index (κ3) is 4.71. The molecule has 0 aliphatic heterocycles. The minimum Gasteiger partial charge on any atom is -0.508 e. The van der Waals surface area contributed by atoms with Crippen molar-refractivity contribution in [2.75, 3.05) is 0 Å². The Kier molecular flexibility index (Phi) is 6.15. The summed E-state index contributed by atoms with van der Waals surface area (Å²) in [5.74, 6) is -0.106. The number of fused-ring (bicyclic) bond motifs is 1. The summed E-state index contributed by atoms with van der Waals surface area (Å²) >= 11 is 3.48. The van der Waals surface area contributed by atoms with Gasteiger partial charge < -0.3 is 10.4 Å². The van der Waals surface area contributed by atoms with E-state index in [1.54, 1.807) is 12.1 Å². The van der Waals surface area contributed by atoms with Gasteiger partial charge in [-0.25, -0.2) is 0 Å². The van der Waals surface area contributed by atoms with Gasteiger partial charge in [-0.3, -0.25) is 4.79 Å². The highest BCUT2D eigenvalue weighted by Gasteiger charge is 2.23. The number of benzene rings is 4. The fraction of sp³-hybridized carbons (Fsp3) is 0.115. The summed E-state index contributed by atoms with van der Waals surface area (Å²) in [5.41, 5.74) is 3.08. The number of phenols is 1. The van der Waals surface area contributed by atoms with E-state index in [4.69, 9.17) is 0 Å². The van der Waals surface area contributed by atoms with Crippen molar-refractivity contribution in [1.82, 2.24) is 5.32 Å². The van der Waals surface area contributed by atoms with E-state index in [1.807, 2.05) is 48.5 Å². The van der Waals surface area contributed by atoms with Gasteiger partial charge in [0.15, 0.2) is 0 Å². The molecule has 0 fully saturated rings. The van der Waals surface area contributed by atoms with Gasteiger partial charge in [-0.2, -0.15) is 0 Å². The third-order valence-corrected chi connectivity index (χ3v) is 5.80. The van der Waals surface area contributed by atoms with Gasteiger partial charge in [0.1, 0.15) is 5.75 Å². The van der Waals surface area contributed by atoms with Crippen LogP contribution >= 0.6 is 15.9 Å². The molecule has 0 spiro atoms. The summed E-state index contributed by atoms with van der Waals surface area (Å²) in [5, 5.41) is 14.8. The second-order valence-electron chi connectivity index (χ2n) is 7.34. The zero-order valence-corrected chi connectivity index (χ0v) is 18.0. The highest BCUT2D eigenvalue weighted by atomic mass is 79.9. The lowest BCUT2D eigenvalue weighted by Crippen LogP contribution is -2.30. The molecule has 0 saturated heterocycles. The van der Waals surface area contributed by atoms with Crippen molar-refractivity contribution >= 4 is 32.6 Å². The molecular weight excluding hydrogens is 438 g/mol. The van der Waals surface area contributed by atoms with E-state index in [2.05, 4.69) is 51.6 Å². The lowest BCUT2D eigenvalue weighted by atomic mass is 9.87. The normalized spacial score (nSPS) is 11.9. The van der Waals surface area contributed by atoms with Crippen LogP contribution in [0.4, 0.5) is 0 Å². The van der Waals surface area contributed by atoms with Crippen molar-refractivity contribution < 1.29 is 9.90 Å². The van der Waals surface area contributed by atoms with Crippen LogP contribution in [0.1, 0.15) is 22.6 Å². The van der Waals surface area contributed by atoms with Crippen LogP contribution in [0.25, 0.3) is 10.8 Å². The first-order chi connectivity index (χ1) is 14.6. The Morgan fingerprint density at radius 3 is 2.27 bits per heavy atom. The van der Waals surface area contributed by atoms with Crippen LogP contribution in [0.15, 0.2) is 95.5 Å². The zero-order valence-electron chi connectivity index (χ0n) is 16.4. The summed E-state index contributed by atoms with van der Waals surface area (Å²) in [6, 6.07) is 29.3. The van der Waals surface area contributed by atoms with Crippen LogP contribution in [-0.4, -0.2) is 11.0 Å². The SMILES string of the molecule is O=C(NCc1ccc(O)cc1)C(Cc1ccc(Br)cc1)c1cccc2ccccc12. The number of hydrogen-bond donors (Lipinski definition) is 2. The molecule has 0 aromatic heterocycles. The van der Waals surface area contributed by atoms with Gasteiger partial charge in [-0.15, -0.1) is 0 Å². The second kappa shape index (κ2) is 9.14. The molecule has 0 aliphatic rings. The summed E-state index contributed by atoms with van der Waals surface area (Å²) in [6.45, 7) is 0.417. The molecule has 0 saturated carbocycles. The largest absolute Gasteiger partial charge is 0.508 e. The molecule has 2 N–H and O–H groups in total. The van der Waals surface area contributed by atoms with Crippen LogP contribution < -0.4 is 5.32 Å². The maximum absolute atomic E-state index is 13.3. The lowest BCUT2D eigenvalue weighted by molar-refractivity contribution is -0.122. The molecule has 4 heteroatoms. The maximum Gasteiger partial charge on any atom is 0.228 e. The highest BCUT2D eigenvalue weighted by molar-refractivity contribution is 9.10. The van der Waals surface area contributed by atoms with E-state index in [0.717, 1.165) is 31.9 Å². The molecule has 30 heavy (non-hydrogen) atoms. The number of halogens is 1. The standard InChI is InChI=1S/C26H22BrNO2/c27-21-12-8-18(9-13-21)16-25(24-7-3-5-20-4-1-2-6-23(20)24)26(30)28-17-19-10-14-22(29)15-11-19/h1-15,25,29H,16-17H2,(H,28,30). The minimum atomic E-state index is -0.311. The molecule has 1 atom stereocenters. The van der Waals surface area contributed by atoms with E-state index in [0.29, 0.717) is 13.0 Å². The maximum atomic E-state index is 13.3. The Balaban J connectivity index is 1.64. The lowest BCUT2D eigenvalue weighted by Gasteiger charge is -2.20. The fourth-order valence-electron chi connectivity index (χ4n) is 3.68. The van der Waals surface area contributed by atoms with E-state index in [1.165, 1.54) is 0 Å². The van der Waals surface area contributed by atoms with E-state index in [-0.39, 0.29) is 17.6 Å². The molecule has 1 unspecified atom stereocenters. The van der Waals surface area contributed by atoms with Gasteiger partial charge in [0.2, 0.25) is 5.91 Å². The Hall–Kier alpha value is -3.11. The molecule has 0 heterocycles. The minimum absolute atomic E-state index is 0.0117. The number of carbonyl (C=O) groups excluding carboxylic acids is 1. The monoisotopic (exact) mass is 459 g/mol. The van der Waals surface area contributed by atoms with Crippen molar-refractivity contribution in [3.8, 4) is 5.75 Å². The summed E-state index contributed by atoms with van der Waals surface area (Å²) in [7, 11) is 0. The van der Waals surface area contributed by atoms with Crippen molar-refractivity contribution in [3.05, 3.63) is 112 Å². The molecule has 3 nitrogen and oxygen atoms in total. The van der Waals surface area contributed by atoms with E-state index in [9.17, 15) is 9.90 Å². The predicted molar refractivity (Wildman–Crippen MR) is 124 cm³/mol. The van der Waals surface area contributed by atoms with Crippen LogP contribution in [0.5, 0.6) is 5.75 Å². The molecule has 1 amide bonds. The number of hydrogen-bond acceptors (Lipinski definition) is 2. The summed E-state index contributed by atoms with van der Waals surface area (Å²) < 4.78 is 1.02. The number of nitrogens with one attached hydrogen (secondary N) is 1. The number of rotatable bonds is 6. The highest BCUT2D eigenvalue weighted by Crippen LogP contribution is 2.29. The topological polar surface area (TPSA) is 49.3 Å². The molecular formula is C26H22BrNO2. The van der Waals surface area contributed by atoms with Crippen LogP contribution in [0, 0.1) is 0 Å². The summed E-state index contributed by atoms with van der Waals surface area (Å²) in [4.78, 5) is 13.3. The number of carbonyl (C=O) groups is 1. The number of phenolic OH excluding ortho intramolecular Hbond substituents is 1. The summed E-state index contributed by atoms with van der Waals surface area (Å²) in [6.07, 6.45) is 0.614. The van der Waals surface area contributed by atoms with Crippen LogP contribution in [0.3, 0.4) is 0 Å². The average Bonchev–Trinajstić information content (AvgIpc) is 2.78. The smallest absolute Gasteiger partial charge is 0.228 e. The molecule has 150 valence electrons. The molecule has 4 aromatic rings. The van der Waals surface area contributed by atoms with Crippen molar-refractivity contribution in [1.29, 1.82) is 0 Å². The van der Waals surface area contributed by atoms with Crippen LogP contribution in [0.2, 0.25) is 0 Å². The Morgan fingerprint density at radius 2 is 1.50 bits per heavy atom. The van der Waals surface area contributed by atoms with Gasteiger partial charge in [0.25, 0.3) is 0 Å². The van der Waals surface area contributed by atoms with Gasteiger partial charge >= 0.3 is 0 Å². The Labute approximate surface area is 184 Å². The number of amides is 1. The third-order valence-electron chi connectivity index (χ3n) is 5.27. The fourth-order valence-corrected chi connectivity index (χ4v) is 3.94. The average molecular weight is 460 g/mol. The predicted octanol–water partition coefficient (Wildman–Crippen LogP) is 5.95. The van der Waals surface area contributed by atoms with Crippen molar-refractivity contribution in [3.63, 3.8) is 0 Å². The van der Waals surface area contributed by atoms with Gasteiger partial charge in [-0.1, -0.05) is 82.7 Å². The first-order valence-corrected chi connectivity index (χ1v) is 10.7. The number of aromatic hydroxyl groups is 1. The van der Waals surface area contributed by atoms with Crippen molar-refractivity contribution in [2.45, 2.75) is 18.9 Å². The van der Waals surface area contributed by atoms with E-state index < -0.39 is 0 Å². The molecule has 0 radical (unpaired) electrons. The van der Waals surface area contributed by atoms with Gasteiger partial charge in [0, 0.05) is 11.0 Å². The Bertz CT molecular complexity index is 1150.